The van der Waals surface area contributed by atoms with Gasteiger partial charge in [0.2, 0.25) is 0 Å². The SMILES string of the molecule is COP(=O)(O)C(OC(C)=O)S(C)(=O)=O. The average Bonchev–Trinajstić information content (AvgIpc) is 1.98. The van der Waals surface area contributed by atoms with Gasteiger partial charge >= 0.3 is 18.7 Å². The summed E-state index contributed by atoms with van der Waals surface area (Å²) in [5.41, 5.74) is 0. The molecule has 14 heavy (non-hydrogen) atoms. The lowest BCUT2D eigenvalue weighted by Gasteiger charge is -2.18. The van der Waals surface area contributed by atoms with Crippen LogP contribution in [0.3, 0.4) is 0 Å². The average molecular weight is 246 g/mol. The maximum Gasteiger partial charge on any atom is 0.383 e. The maximum absolute atomic E-state index is 11.1. The Morgan fingerprint density at radius 3 is 2.14 bits per heavy atom. The van der Waals surface area contributed by atoms with Crippen LogP contribution >= 0.6 is 7.60 Å². The Morgan fingerprint density at radius 2 is 1.93 bits per heavy atom. The van der Waals surface area contributed by atoms with Gasteiger partial charge in [0.1, 0.15) is 0 Å². The van der Waals surface area contributed by atoms with Gasteiger partial charge in [0.25, 0.3) is 0 Å². The Kier molecular flexibility index (Phi) is 4.26. The second-order valence-corrected chi connectivity index (χ2v) is 6.89. The first-order valence-electron chi connectivity index (χ1n) is 3.35. The van der Waals surface area contributed by atoms with E-state index in [0.717, 1.165) is 14.0 Å². The van der Waals surface area contributed by atoms with Crippen molar-refractivity contribution in [2.75, 3.05) is 13.4 Å². The highest BCUT2D eigenvalue weighted by Crippen LogP contribution is 2.49. The third kappa shape index (κ3) is 3.75. The predicted octanol–water partition coefficient (Wildman–Crippen LogP) is -0.291. The number of carbonyl (C=O) groups excluding carboxylic acids is 1. The van der Waals surface area contributed by atoms with Crippen LogP contribution < -0.4 is 0 Å². The molecule has 0 aliphatic carbocycles. The van der Waals surface area contributed by atoms with Crippen LogP contribution in [0.2, 0.25) is 0 Å². The molecular weight excluding hydrogens is 235 g/mol. The fraction of sp³-hybridized carbons (Fsp3) is 0.800. The van der Waals surface area contributed by atoms with Gasteiger partial charge in [-0.3, -0.25) is 9.36 Å². The van der Waals surface area contributed by atoms with E-state index >= 15 is 0 Å². The summed E-state index contributed by atoms with van der Waals surface area (Å²) < 4.78 is 41.4. The lowest BCUT2D eigenvalue weighted by molar-refractivity contribution is -0.140. The summed E-state index contributed by atoms with van der Waals surface area (Å²) in [5.74, 6) is -0.980. The molecule has 0 spiro atoms. The smallest absolute Gasteiger partial charge is 0.383 e. The molecule has 2 atom stereocenters. The van der Waals surface area contributed by atoms with Gasteiger partial charge in [-0.2, -0.15) is 0 Å². The van der Waals surface area contributed by atoms with E-state index in [1.165, 1.54) is 0 Å². The zero-order valence-electron chi connectivity index (χ0n) is 7.83. The molecule has 84 valence electrons. The van der Waals surface area contributed by atoms with Gasteiger partial charge in [0.15, 0.2) is 9.84 Å². The van der Waals surface area contributed by atoms with E-state index in [1.54, 1.807) is 0 Å². The summed E-state index contributed by atoms with van der Waals surface area (Å²) in [5, 5.41) is -2.17. The van der Waals surface area contributed by atoms with Crippen LogP contribution in [0.15, 0.2) is 0 Å². The summed E-state index contributed by atoms with van der Waals surface area (Å²) in [7, 11) is -7.65. The number of esters is 1. The molecule has 7 nitrogen and oxygen atoms in total. The highest BCUT2D eigenvalue weighted by molar-refractivity contribution is 7.97. The molecule has 0 fully saturated rings. The number of rotatable bonds is 4. The van der Waals surface area contributed by atoms with Crippen LogP contribution in [0.1, 0.15) is 6.92 Å². The van der Waals surface area contributed by atoms with E-state index in [-0.39, 0.29) is 0 Å². The minimum absolute atomic E-state index is 0.669. The summed E-state index contributed by atoms with van der Waals surface area (Å²) in [6.07, 6.45) is 0.669. The molecular formula is C5H11O7PS. The van der Waals surface area contributed by atoms with E-state index in [9.17, 15) is 17.8 Å². The minimum Gasteiger partial charge on any atom is -0.433 e. The third-order valence-corrected chi connectivity index (χ3v) is 5.10. The van der Waals surface area contributed by atoms with Crippen molar-refractivity contribution in [1.29, 1.82) is 0 Å². The quantitative estimate of drug-likeness (QED) is 0.536. The standard InChI is InChI=1S/C5H11O7PS/c1-4(6)12-5(14(3,9)10)13(7,8)11-2/h5H,1-3H3,(H,7,8). The summed E-state index contributed by atoms with van der Waals surface area (Å²) in [6, 6.07) is 0. The normalized spacial score (nSPS) is 18.3. The first kappa shape index (κ1) is 13.6. The fourth-order valence-electron chi connectivity index (χ4n) is 0.624. The molecule has 0 aliphatic heterocycles. The van der Waals surface area contributed by atoms with E-state index in [2.05, 4.69) is 9.26 Å². The monoisotopic (exact) mass is 246 g/mol. The number of sulfone groups is 1. The molecule has 0 rings (SSSR count). The van der Waals surface area contributed by atoms with Gasteiger partial charge in [-0.1, -0.05) is 0 Å². The molecule has 9 heteroatoms. The molecule has 0 saturated heterocycles. The molecule has 0 bridgehead atoms. The zero-order chi connectivity index (χ0) is 11.6. The Bertz CT molecular complexity index is 358. The van der Waals surface area contributed by atoms with Crippen LogP contribution in [-0.2, 0) is 28.5 Å². The first-order valence-corrected chi connectivity index (χ1v) is 6.95. The van der Waals surface area contributed by atoms with E-state index < -0.39 is 28.6 Å². The van der Waals surface area contributed by atoms with Crippen molar-refractivity contribution in [2.24, 2.45) is 0 Å². The van der Waals surface area contributed by atoms with Crippen LogP contribution in [0.4, 0.5) is 0 Å². The largest absolute Gasteiger partial charge is 0.433 e. The Morgan fingerprint density at radius 1 is 1.50 bits per heavy atom. The van der Waals surface area contributed by atoms with Gasteiger partial charge in [-0.25, -0.2) is 8.42 Å². The highest BCUT2D eigenvalue weighted by atomic mass is 32.2. The van der Waals surface area contributed by atoms with Crippen molar-refractivity contribution in [3.8, 4) is 0 Å². The van der Waals surface area contributed by atoms with E-state index in [0.29, 0.717) is 6.26 Å². The lowest BCUT2D eigenvalue weighted by atomic mass is 10.8. The molecule has 0 aromatic heterocycles. The van der Waals surface area contributed by atoms with Crippen molar-refractivity contribution in [2.45, 2.75) is 12.1 Å². The molecule has 0 heterocycles. The molecule has 0 aromatic carbocycles. The Labute approximate surface area is 81.5 Å². The zero-order valence-corrected chi connectivity index (χ0v) is 9.54. The Balaban J connectivity index is 5.14. The van der Waals surface area contributed by atoms with Crippen molar-refractivity contribution < 1.29 is 31.9 Å². The summed E-state index contributed by atoms with van der Waals surface area (Å²) >= 11 is 0. The third-order valence-electron chi connectivity index (χ3n) is 1.16. The van der Waals surface area contributed by atoms with Crippen molar-refractivity contribution in [3.63, 3.8) is 0 Å². The van der Waals surface area contributed by atoms with Crippen molar-refractivity contribution in [3.05, 3.63) is 0 Å². The van der Waals surface area contributed by atoms with Gasteiger partial charge in [0.05, 0.1) is 0 Å². The van der Waals surface area contributed by atoms with E-state index in [1.807, 2.05) is 0 Å². The van der Waals surface area contributed by atoms with Crippen molar-refractivity contribution in [1.82, 2.24) is 0 Å². The molecule has 0 aromatic rings. The van der Waals surface area contributed by atoms with Crippen LogP contribution in [0.5, 0.6) is 0 Å². The second kappa shape index (κ2) is 4.39. The number of ether oxygens (including phenoxy) is 1. The van der Waals surface area contributed by atoms with Crippen molar-refractivity contribution >= 4 is 23.4 Å². The lowest BCUT2D eigenvalue weighted by Crippen LogP contribution is -2.26. The molecule has 0 amide bonds. The molecule has 2 unspecified atom stereocenters. The maximum atomic E-state index is 11.1. The molecule has 0 aliphatic rings. The first-order chi connectivity index (χ1) is 6.11. The number of hydrogen-bond donors (Lipinski definition) is 1. The van der Waals surface area contributed by atoms with Crippen LogP contribution in [-0.4, -0.2) is 37.8 Å². The number of hydrogen-bond acceptors (Lipinski definition) is 6. The molecule has 0 saturated carbocycles. The van der Waals surface area contributed by atoms with Crippen LogP contribution in [0, 0.1) is 0 Å². The summed E-state index contributed by atoms with van der Waals surface area (Å²) in [4.78, 5) is 19.5. The number of carbonyl (C=O) groups is 1. The highest BCUT2D eigenvalue weighted by Gasteiger charge is 2.42. The van der Waals surface area contributed by atoms with Gasteiger partial charge in [-0.15, -0.1) is 0 Å². The van der Waals surface area contributed by atoms with Gasteiger partial charge in [0, 0.05) is 20.3 Å². The molecule has 0 radical (unpaired) electrons. The molecule has 1 N–H and O–H groups in total. The predicted molar refractivity (Wildman–Crippen MR) is 47.2 cm³/mol. The Hall–Kier alpha value is -0.430. The topological polar surface area (TPSA) is 107 Å². The van der Waals surface area contributed by atoms with Gasteiger partial charge < -0.3 is 14.2 Å². The summed E-state index contributed by atoms with van der Waals surface area (Å²) in [6.45, 7) is 0.924. The fourth-order valence-corrected chi connectivity index (χ4v) is 3.58. The van der Waals surface area contributed by atoms with Crippen LogP contribution in [0.25, 0.3) is 0 Å². The van der Waals surface area contributed by atoms with E-state index in [4.69, 9.17) is 4.89 Å². The minimum atomic E-state index is -4.49. The van der Waals surface area contributed by atoms with Gasteiger partial charge in [-0.05, 0) is 0 Å². The second-order valence-electron chi connectivity index (χ2n) is 2.49.